The standard InChI is InChI=1S/C20H20N5O3/c1-11-4-3-5-15(12(11)2)22-20(28)25-19-17(18(21)27)23-16(24-19)10-13-6-8-14(26)9-7-13/h3-9H,10H2,1-2H3,(H2,21,27)(H,23,24)(H2,22,25,28). The van der Waals surface area contributed by atoms with Gasteiger partial charge in [0.1, 0.15) is 11.6 Å². The van der Waals surface area contributed by atoms with Crippen LogP contribution in [0.4, 0.5) is 16.3 Å². The number of aromatic nitrogens is 2. The monoisotopic (exact) mass is 378 g/mol. The summed E-state index contributed by atoms with van der Waals surface area (Å²) >= 11 is 0. The van der Waals surface area contributed by atoms with E-state index in [0.29, 0.717) is 17.9 Å². The Morgan fingerprint density at radius 3 is 2.46 bits per heavy atom. The van der Waals surface area contributed by atoms with Crippen LogP contribution in [0.2, 0.25) is 0 Å². The van der Waals surface area contributed by atoms with Crippen molar-refractivity contribution in [2.24, 2.45) is 5.73 Å². The number of carbonyl (C=O) groups is 2. The molecule has 3 rings (SSSR count). The van der Waals surface area contributed by atoms with E-state index in [4.69, 9.17) is 5.73 Å². The maximum Gasteiger partial charge on any atom is 0.324 e. The highest BCUT2D eigenvalue weighted by molar-refractivity contribution is 6.04. The van der Waals surface area contributed by atoms with Crippen molar-refractivity contribution < 1.29 is 14.7 Å². The zero-order valence-electron chi connectivity index (χ0n) is 15.5. The smallest absolute Gasteiger partial charge is 0.324 e. The molecule has 3 amide bonds. The molecule has 0 aliphatic carbocycles. The Hall–Kier alpha value is -3.81. The predicted molar refractivity (Wildman–Crippen MR) is 105 cm³/mol. The molecule has 8 nitrogen and oxygen atoms in total. The molecule has 0 fully saturated rings. The van der Waals surface area contributed by atoms with Crippen LogP contribution < -0.4 is 16.4 Å². The Kier molecular flexibility index (Phi) is 5.30. The van der Waals surface area contributed by atoms with Gasteiger partial charge in [-0.1, -0.05) is 24.3 Å². The van der Waals surface area contributed by atoms with E-state index < -0.39 is 11.9 Å². The molecule has 3 aromatic rings. The number of hydrogen-bond acceptors (Lipinski definition) is 3. The summed E-state index contributed by atoms with van der Waals surface area (Å²) in [6.45, 7) is 3.85. The topological polar surface area (TPSA) is 133 Å². The Bertz CT molecular complexity index is 1020. The molecular weight excluding hydrogens is 358 g/mol. The van der Waals surface area contributed by atoms with Gasteiger partial charge < -0.3 is 16.0 Å². The molecule has 0 unspecified atom stereocenters. The normalized spacial score (nSPS) is 10.5. The van der Waals surface area contributed by atoms with Gasteiger partial charge >= 0.3 is 6.03 Å². The average molecular weight is 378 g/mol. The predicted octanol–water partition coefficient (Wildman–Crippen LogP) is 3.50. The lowest BCUT2D eigenvalue weighted by atomic mass is 10.1. The highest BCUT2D eigenvalue weighted by Gasteiger charge is 2.18. The van der Waals surface area contributed by atoms with E-state index in [1.165, 1.54) is 12.1 Å². The zero-order valence-corrected chi connectivity index (χ0v) is 15.5. The Balaban J connectivity index is 1.77. The molecule has 8 heteroatoms. The van der Waals surface area contributed by atoms with Crippen molar-refractivity contribution in [2.75, 3.05) is 10.6 Å². The molecule has 0 bridgehead atoms. The van der Waals surface area contributed by atoms with Crippen molar-refractivity contribution in [3.05, 3.63) is 70.7 Å². The van der Waals surface area contributed by atoms with Gasteiger partial charge in [-0.3, -0.25) is 15.2 Å². The van der Waals surface area contributed by atoms with E-state index in [-0.39, 0.29) is 17.3 Å². The molecule has 2 aromatic carbocycles. The van der Waals surface area contributed by atoms with Gasteiger partial charge in [0.25, 0.3) is 5.91 Å². The average Bonchev–Trinajstić information content (AvgIpc) is 3.03. The number of aryl methyl sites for hydroxylation is 1. The zero-order chi connectivity index (χ0) is 20.3. The van der Waals surface area contributed by atoms with Crippen LogP contribution in [0.5, 0.6) is 5.75 Å². The molecule has 0 saturated heterocycles. The lowest BCUT2D eigenvalue weighted by molar-refractivity contribution is 0.0997. The summed E-state index contributed by atoms with van der Waals surface area (Å²) in [5.41, 5.74) is 8.80. The summed E-state index contributed by atoms with van der Waals surface area (Å²) < 4.78 is 0. The molecule has 1 heterocycles. The lowest BCUT2D eigenvalue weighted by Crippen LogP contribution is -2.23. The minimum atomic E-state index is -0.764. The van der Waals surface area contributed by atoms with Crippen molar-refractivity contribution in [1.29, 1.82) is 0 Å². The van der Waals surface area contributed by atoms with Gasteiger partial charge in [-0.25, -0.2) is 9.78 Å². The third kappa shape index (κ3) is 4.29. The Morgan fingerprint density at radius 2 is 1.79 bits per heavy atom. The number of urea groups is 1. The minimum absolute atomic E-state index is 0.0634. The van der Waals surface area contributed by atoms with E-state index in [9.17, 15) is 14.7 Å². The number of benzene rings is 2. The summed E-state index contributed by atoms with van der Waals surface area (Å²) in [4.78, 5) is 31.1. The second kappa shape index (κ2) is 7.83. The SMILES string of the molecule is Cc1cccc(NC(=O)Nc2[nH]c(Cc3ccc([O])cc3)nc2C(N)=O)c1C. The van der Waals surface area contributed by atoms with Gasteiger partial charge in [0.2, 0.25) is 0 Å². The van der Waals surface area contributed by atoms with Gasteiger partial charge in [0, 0.05) is 12.1 Å². The first-order valence-electron chi connectivity index (χ1n) is 8.62. The fourth-order valence-electron chi connectivity index (χ4n) is 2.73. The second-order valence-electron chi connectivity index (χ2n) is 6.42. The van der Waals surface area contributed by atoms with E-state index in [1.54, 1.807) is 18.2 Å². The van der Waals surface area contributed by atoms with Crippen molar-refractivity contribution in [2.45, 2.75) is 20.3 Å². The molecule has 0 atom stereocenters. The van der Waals surface area contributed by atoms with E-state index in [2.05, 4.69) is 20.6 Å². The first kappa shape index (κ1) is 19.0. The van der Waals surface area contributed by atoms with Gasteiger partial charge in [-0.2, -0.15) is 0 Å². The van der Waals surface area contributed by atoms with Crippen molar-refractivity contribution in [1.82, 2.24) is 9.97 Å². The third-order valence-corrected chi connectivity index (χ3v) is 4.37. The summed E-state index contributed by atoms with van der Waals surface area (Å²) in [5.74, 6) is -0.300. The van der Waals surface area contributed by atoms with Gasteiger partial charge in [0.05, 0.1) is 0 Å². The maximum atomic E-state index is 12.4. The number of nitrogens with zero attached hydrogens (tertiary/aromatic N) is 1. The number of hydrogen-bond donors (Lipinski definition) is 4. The van der Waals surface area contributed by atoms with Gasteiger partial charge in [-0.15, -0.1) is 0 Å². The molecule has 143 valence electrons. The van der Waals surface area contributed by atoms with E-state index in [1.807, 2.05) is 26.0 Å². The van der Waals surface area contributed by atoms with Crippen LogP contribution >= 0.6 is 0 Å². The fraction of sp³-hybridized carbons (Fsp3) is 0.150. The highest BCUT2D eigenvalue weighted by Crippen LogP contribution is 2.20. The maximum absolute atomic E-state index is 12.4. The summed E-state index contributed by atoms with van der Waals surface area (Å²) in [5, 5.41) is 16.5. The number of carbonyl (C=O) groups excluding carboxylic acids is 2. The number of H-pyrrole nitrogens is 1. The number of rotatable bonds is 5. The molecule has 1 aromatic heterocycles. The Morgan fingerprint density at radius 1 is 1.07 bits per heavy atom. The molecule has 5 N–H and O–H groups in total. The number of nitrogens with two attached hydrogens (primary N) is 1. The van der Waals surface area contributed by atoms with Crippen LogP contribution in [-0.2, 0) is 11.5 Å². The van der Waals surface area contributed by atoms with Crippen molar-refractivity contribution >= 4 is 23.4 Å². The van der Waals surface area contributed by atoms with Crippen molar-refractivity contribution in [3.63, 3.8) is 0 Å². The fourth-order valence-corrected chi connectivity index (χ4v) is 2.73. The molecule has 28 heavy (non-hydrogen) atoms. The van der Waals surface area contributed by atoms with Crippen LogP contribution in [0.3, 0.4) is 0 Å². The number of anilines is 2. The minimum Gasteiger partial charge on any atom is -0.364 e. The second-order valence-corrected chi connectivity index (χ2v) is 6.42. The molecule has 0 spiro atoms. The highest BCUT2D eigenvalue weighted by atomic mass is 16.3. The van der Waals surface area contributed by atoms with E-state index in [0.717, 1.165) is 16.7 Å². The van der Waals surface area contributed by atoms with Crippen LogP contribution in [0.1, 0.15) is 33.0 Å². The molecule has 1 radical (unpaired) electrons. The van der Waals surface area contributed by atoms with Crippen LogP contribution in [0.25, 0.3) is 0 Å². The summed E-state index contributed by atoms with van der Waals surface area (Å²) in [7, 11) is 0. The largest absolute Gasteiger partial charge is 0.364 e. The quantitative estimate of drug-likeness (QED) is 0.541. The third-order valence-electron chi connectivity index (χ3n) is 4.37. The molecule has 0 aliphatic heterocycles. The number of primary amides is 1. The van der Waals surface area contributed by atoms with Crippen molar-refractivity contribution in [3.8, 4) is 5.75 Å². The number of nitrogens with one attached hydrogen (secondary N) is 3. The van der Waals surface area contributed by atoms with Crippen LogP contribution in [-0.4, -0.2) is 21.9 Å². The van der Waals surface area contributed by atoms with Crippen LogP contribution in [0, 0.1) is 13.8 Å². The summed E-state index contributed by atoms with van der Waals surface area (Å²) in [6.07, 6.45) is 0.348. The number of aromatic amines is 1. The summed E-state index contributed by atoms with van der Waals surface area (Å²) in [6, 6.07) is 11.3. The number of imidazole rings is 1. The first-order chi connectivity index (χ1) is 13.3. The van der Waals surface area contributed by atoms with Gasteiger partial charge in [-0.05, 0) is 48.7 Å². The van der Waals surface area contributed by atoms with Gasteiger partial charge in [0.15, 0.2) is 11.4 Å². The Labute approximate surface area is 161 Å². The lowest BCUT2D eigenvalue weighted by Gasteiger charge is -2.11. The van der Waals surface area contributed by atoms with E-state index >= 15 is 0 Å². The molecule has 0 aliphatic rings. The first-order valence-corrected chi connectivity index (χ1v) is 8.62. The number of amides is 3. The molecular formula is C20H20N5O3. The van der Waals surface area contributed by atoms with Crippen LogP contribution in [0.15, 0.2) is 42.5 Å². The molecule has 0 saturated carbocycles.